The number of carbonyl (C=O) groups excluding carboxylic acids is 9. The van der Waals surface area contributed by atoms with Gasteiger partial charge in [-0.2, -0.15) is 8.42 Å². The average molecular weight is 1650 g/mol. The molecule has 6 aromatic carbocycles. The van der Waals surface area contributed by atoms with Crippen LogP contribution >= 0.6 is 0 Å². The Balaban J connectivity index is 0.919. The Labute approximate surface area is 688 Å². The summed E-state index contributed by atoms with van der Waals surface area (Å²) in [4.78, 5) is 155. The SMILES string of the molecule is CN[C@@H](C)C(=O)N[C@H](C(=O)N1CC[C@@H]2[C@H]1C(=O)N[C@@H](Cc1ccc3ccccc3c1)C(=O)N[C@H](C(=O)O)Cc1ccc(cc1)OCc1cn(nn1)[C@@H]1CCN(C(=O)[C@@H](NC(=O)[C@H](C)NC)C(C)(C)C)[C@@H]1C(=O)N[C@@H](Cc1ccc3ccccc3c1)C(=O)N[C@H](C(=O)NS(=O)(=O)c1ccccn1)Cc1ccc(cc1)OCc1cn2nn1)C(C)(C)C. The van der Waals surface area contributed by atoms with E-state index in [-0.39, 0.29) is 82.0 Å². The van der Waals surface area contributed by atoms with Crippen LogP contribution in [0.3, 0.4) is 0 Å². The van der Waals surface area contributed by atoms with Crippen LogP contribution in [0, 0.1) is 10.8 Å². The molecule has 626 valence electrons. The summed E-state index contributed by atoms with van der Waals surface area (Å²) in [5, 5.41) is 54.4. The Hall–Kier alpha value is -12.6. The molecule has 8 bridgehead atoms. The number of carboxylic acids is 1. The standard InChI is InChI=1S/C85H100N18O15S/c1-49(86-9)74(104)93-72(84(3,4)5)81(111)100-37-34-67-70(100)79(109)90-63(43-53-22-28-55-17-11-13-19-57(55)39-53)76(106)89-65(78(108)97-119(115,116)69-21-15-16-36-88-69)41-51-24-30-61(31-25-51)117-47-59-45-103(99-95-59)68-35-38-101(82(112)73(85(6,7)8)94-75(105)50(2)87-10)71(68)80(110)91-64(44-54-23-29-56-18-12-14-20-58(56)40-54)77(107)92-66(83(113)114)42-52-26-32-62(33-27-52)118-48-60-46-102(67)98-96-60/h11-33,36,39-40,45-46,49-50,63-68,70-73,86-87H,34-35,37-38,41-44,47-48H2,1-10H3,(H,89,106)(H,90,109)(H,91,110)(H,92,107)(H,93,104)(H,94,105)(H,97,108)(H,113,114)/t49-,50-,63-,64-,65-,66-,67+,68+,70-,71-,72+,73+/m0/s1. The average Bonchev–Trinajstić information content (AvgIpc) is 1.64. The zero-order valence-electron chi connectivity index (χ0n) is 67.8. The number of aromatic nitrogens is 7. The van der Waals surface area contributed by atoms with Crippen molar-refractivity contribution in [1.29, 1.82) is 0 Å². The van der Waals surface area contributed by atoms with Gasteiger partial charge in [-0.25, -0.2) is 23.9 Å². The predicted molar refractivity (Wildman–Crippen MR) is 437 cm³/mol. The third-order valence-corrected chi connectivity index (χ3v) is 23.0. The van der Waals surface area contributed by atoms with Gasteiger partial charge in [0, 0.05) is 45.0 Å². The first kappa shape index (κ1) is 85.8. The van der Waals surface area contributed by atoms with Gasteiger partial charge in [-0.15, -0.1) is 10.2 Å². The van der Waals surface area contributed by atoms with E-state index in [4.69, 9.17) is 9.47 Å². The topological polar surface area (TPSA) is 433 Å². The molecule has 0 radical (unpaired) electrons. The number of benzene rings is 6. The summed E-state index contributed by atoms with van der Waals surface area (Å²) in [5.41, 5.74) is 0.671. The zero-order valence-corrected chi connectivity index (χ0v) is 68.6. The molecule has 9 amide bonds. The number of sulfonamides is 1. The molecule has 33 nitrogen and oxygen atoms in total. The molecule has 9 heterocycles. The lowest BCUT2D eigenvalue weighted by atomic mass is 9.85. The third kappa shape index (κ3) is 20.9. The van der Waals surface area contributed by atoms with Crippen LogP contribution in [0.25, 0.3) is 21.5 Å². The Kier molecular flexibility index (Phi) is 26.6. The van der Waals surface area contributed by atoms with E-state index in [0.717, 1.165) is 21.5 Å². The number of carboxylic acid groups (broad SMARTS) is 1. The van der Waals surface area contributed by atoms with E-state index < -0.39 is 158 Å². The van der Waals surface area contributed by atoms with Crippen LogP contribution in [0.1, 0.15) is 114 Å². The maximum Gasteiger partial charge on any atom is 0.326 e. The number of amides is 9. The number of rotatable bonds is 16. The minimum atomic E-state index is -4.69. The third-order valence-electron chi connectivity index (χ3n) is 21.8. The van der Waals surface area contributed by atoms with Crippen LogP contribution in [0.4, 0.5) is 0 Å². The fraction of sp³-hybridized carbons (Fsp3) is 0.400. The maximum absolute atomic E-state index is 15.8. The van der Waals surface area contributed by atoms with E-state index in [1.807, 2.05) is 72.8 Å². The van der Waals surface area contributed by atoms with Gasteiger partial charge in [-0.1, -0.05) is 167 Å². The summed E-state index contributed by atoms with van der Waals surface area (Å²) >= 11 is 0. The van der Waals surface area contributed by atoms with Crippen LogP contribution < -0.4 is 56.7 Å². The quantitative estimate of drug-likeness (QED) is 0.0651. The number of nitrogens with one attached hydrogen (secondary N) is 9. The van der Waals surface area contributed by atoms with Crippen molar-refractivity contribution in [1.82, 2.24) is 92.0 Å². The fourth-order valence-corrected chi connectivity index (χ4v) is 15.8. The van der Waals surface area contributed by atoms with Crippen molar-refractivity contribution in [2.45, 2.75) is 185 Å². The minimum Gasteiger partial charge on any atom is -0.487 e. The normalized spacial score (nSPS) is 21.0. The molecule has 6 aliphatic heterocycles. The Morgan fingerprint density at radius 1 is 0.529 bits per heavy atom. The zero-order chi connectivity index (χ0) is 85.2. The summed E-state index contributed by atoms with van der Waals surface area (Å²) in [5.74, 6) is -7.63. The number of hydrogen-bond acceptors (Lipinski definition) is 21. The number of likely N-dealkylation sites (N-methyl/N-ethyl adjacent to an activating group) is 2. The van der Waals surface area contributed by atoms with Gasteiger partial charge in [-0.3, -0.25) is 43.2 Å². The number of hydrogen-bond donors (Lipinski definition) is 10. The highest BCUT2D eigenvalue weighted by atomic mass is 32.2. The molecule has 3 aromatic heterocycles. The first-order chi connectivity index (χ1) is 56.7. The number of carbonyl (C=O) groups is 10. The van der Waals surface area contributed by atoms with Crippen molar-refractivity contribution in [3.8, 4) is 11.5 Å². The van der Waals surface area contributed by atoms with Gasteiger partial charge in [0.25, 0.3) is 15.9 Å². The van der Waals surface area contributed by atoms with E-state index in [1.165, 1.54) is 43.6 Å². The van der Waals surface area contributed by atoms with Crippen molar-refractivity contribution < 1.29 is 70.9 Å². The molecular formula is C85H100N18O15S. The van der Waals surface area contributed by atoms with Gasteiger partial charge in [-0.05, 0) is 132 Å². The van der Waals surface area contributed by atoms with Crippen molar-refractivity contribution in [2.75, 3.05) is 27.2 Å². The molecule has 15 rings (SSSR count). The molecule has 9 aromatic rings. The molecule has 2 fully saturated rings. The van der Waals surface area contributed by atoms with Crippen LogP contribution in [0.15, 0.2) is 175 Å². The molecule has 6 aliphatic rings. The van der Waals surface area contributed by atoms with Crippen molar-refractivity contribution in [2.24, 2.45) is 10.8 Å². The van der Waals surface area contributed by atoms with Crippen molar-refractivity contribution in [3.05, 3.63) is 204 Å². The number of ether oxygens (including phenoxy) is 2. The van der Waals surface area contributed by atoms with Gasteiger partial charge >= 0.3 is 5.97 Å². The van der Waals surface area contributed by atoms with E-state index in [2.05, 4.69) is 72.9 Å². The first-order valence-corrected chi connectivity index (χ1v) is 40.9. The summed E-state index contributed by atoms with van der Waals surface area (Å²) in [6, 6.07) is 27.9. The largest absolute Gasteiger partial charge is 0.487 e. The lowest BCUT2D eigenvalue weighted by Crippen LogP contribution is -2.62. The van der Waals surface area contributed by atoms with Crippen molar-refractivity contribution in [3.63, 3.8) is 0 Å². The fourth-order valence-electron chi connectivity index (χ4n) is 14.8. The summed E-state index contributed by atoms with van der Waals surface area (Å²) in [6.45, 7) is 13.4. The van der Waals surface area contributed by atoms with Crippen LogP contribution in [0.2, 0.25) is 0 Å². The molecule has 10 N–H and O–H groups in total. The molecule has 34 heteroatoms. The second-order valence-electron chi connectivity index (χ2n) is 32.4. The molecule has 0 unspecified atom stereocenters. The highest BCUT2D eigenvalue weighted by molar-refractivity contribution is 7.90. The van der Waals surface area contributed by atoms with E-state index in [9.17, 15) is 32.7 Å². The van der Waals surface area contributed by atoms with Gasteiger partial charge in [0.1, 0.15) is 84.4 Å². The number of aliphatic carboxylic acids is 1. The monoisotopic (exact) mass is 1640 g/mol. The van der Waals surface area contributed by atoms with Crippen LogP contribution in [0.5, 0.6) is 11.5 Å². The van der Waals surface area contributed by atoms with Gasteiger partial charge < -0.3 is 66.9 Å². The Bertz CT molecular complexity index is 5350. The second-order valence-corrected chi connectivity index (χ2v) is 34.1. The molecule has 119 heavy (non-hydrogen) atoms. The van der Waals surface area contributed by atoms with Gasteiger partial charge in [0.15, 0.2) is 5.03 Å². The molecule has 2 saturated heterocycles. The summed E-state index contributed by atoms with van der Waals surface area (Å²) in [7, 11) is -1.49. The van der Waals surface area contributed by atoms with E-state index in [0.29, 0.717) is 28.0 Å². The summed E-state index contributed by atoms with van der Waals surface area (Å²) in [6.07, 6.45) is 3.59. The first-order valence-electron chi connectivity index (χ1n) is 39.4. The number of fused-ring (bicyclic) bond motifs is 2. The number of pyridine rings is 1. The van der Waals surface area contributed by atoms with Crippen molar-refractivity contribution >= 4 is 90.7 Å². The maximum atomic E-state index is 15.8. The second kappa shape index (κ2) is 36.9. The van der Waals surface area contributed by atoms with Gasteiger partial charge in [0.2, 0.25) is 47.3 Å². The number of likely N-dealkylation sites (tertiary alicyclic amines) is 2. The Morgan fingerprint density at radius 2 is 0.941 bits per heavy atom. The lowest BCUT2D eigenvalue weighted by molar-refractivity contribution is -0.145. The van der Waals surface area contributed by atoms with E-state index >= 15 is 28.8 Å². The smallest absolute Gasteiger partial charge is 0.326 e. The molecular weight excluding hydrogens is 1550 g/mol. The van der Waals surface area contributed by atoms with E-state index in [1.54, 1.807) is 143 Å². The van der Waals surface area contributed by atoms with Gasteiger partial charge in [0.05, 0.1) is 36.6 Å². The summed E-state index contributed by atoms with van der Waals surface area (Å²) < 4.78 is 45.4. The minimum absolute atomic E-state index is 0.0328. The Morgan fingerprint density at radius 3 is 1.34 bits per heavy atom. The van der Waals surface area contributed by atoms with Crippen LogP contribution in [-0.4, -0.2) is 205 Å². The lowest BCUT2D eigenvalue weighted by Gasteiger charge is -2.37. The molecule has 0 saturated carbocycles. The molecule has 0 aliphatic carbocycles. The molecule has 0 spiro atoms. The predicted octanol–water partition coefficient (Wildman–Crippen LogP) is 4.10. The van der Waals surface area contributed by atoms with Crippen LogP contribution in [-0.2, 0) is 96.9 Å². The molecule has 12 atom stereocenters. The highest BCUT2D eigenvalue weighted by Crippen LogP contribution is 2.36. The highest BCUT2D eigenvalue weighted by Gasteiger charge is 2.51. The number of nitrogens with zero attached hydrogens (tertiary/aromatic N) is 9.